The second-order valence-corrected chi connectivity index (χ2v) is 7.27. The number of nitrogens with zero attached hydrogens (tertiary/aromatic N) is 2. The van der Waals surface area contributed by atoms with E-state index < -0.39 is 6.10 Å². The van der Waals surface area contributed by atoms with Crippen LogP contribution in [-0.2, 0) is 4.79 Å². The lowest BCUT2D eigenvalue weighted by atomic mass is 10.2. The maximum atomic E-state index is 12.7. The third kappa shape index (κ3) is 4.47. The lowest BCUT2D eigenvalue weighted by molar-refractivity contribution is -0.138. The van der Waals surface area contributed by atoms with E-state index >= 15 is 0 Å². The van der Waals surface area contributed by atoms with Crippen LogP contribution in [0, 0.1) is 0 Å². The highest BCUT2D eigenvalue weighted by atomic mass is 79.9. The molecule has 3 rings (SSSR count). The molecule has 1 aliphatic heterocycles. The summed E-state index contributed by atoms with van der Waals surface area (Å²) in [5.41, 5.74) is 1.20. The molecule has 0 aliphatic carbocycles. The van der Waals surface area contributed by atoms with Gasteiger partial charge in [-0.2, -0.15) is 0 Å². The molecule has 1 heterocycles. The Hall–Kier alpha value is -1.72. The van der Waals surface area contributed by atoms with Gasteiger partial charge in [0.1, 0.15) is 5.75 Å². The summed E-state index contributed by atoms with van der Waals surface area (Å²) in [5.74, 6) is 0.628. The molecule has 2 aromatic rings. The summed E-state index contributed by atoms with van der Waals surface area (Å²) in [6.45, 7) is 4.83. The fourth-order valence-corrected chi connectivity index (χ4v) is 3.67. The molecule has 1 saturated heterocycles. The molecule has 0 radical (unpaired) electrons. The first-order valence-corrected chi connectivity index (χ1v) is 9.42. The van der Waals surface area contributed by atoms with Crippen LogP contribution in [0.4, 0.5) is 5.69 Å². The molecular formula is C19H20BrClN2O2. The number of hydrogen-bond acceptors (Lipinski definition) is 3. The Bertz CT molecular complexity index is 733. The highest BCUT2D eigenvalue weighted by molar-refractivity contribution is 9.10. The van der Waals surface area contributed by atoms with Crippen molar-refractivity contribution in [1.82, 2.24) is 4.90 Å². The SMILES string of the molecule is CC(Oc1ccc(Cl)cc1Br)C(=O)N1CCN(c2ccccc2)CC1. The molecule has 4 nitrogen and oxygen atoms in total. The van der Waals surface area contributed by atoms with Crippen LogP contribution in [0.15, 0.2) is 53.0 Å². The molecule has 0 spiro atoms. The van der Waals surface area contributed by atoms with Gasteiger partial charge in [-0.05, 0) is 53.2 Å². The normalized spacial score (nSPS) is 15.8. The third-order valence-corrected chi connectivity index (χ3v) is 5.11. The van der Waals surface area contributed by atoms with Crippen molar-refractivity contribution in [2.24, 2.45) is 0 Å². The molecular weight excluding hydrogens is 404 g/mol. The summed E-state index contributed by atoms with van der Waals surface area (Å²) in [4.78, 5) is 16.8. The lowest BCUT2D eigenvalue weighted by Gasteiger charge is -2.37. The quantitative estimate of drug-likeness (QED) is 0.738. The van der Waals surface area contributed by atoms with Crippen molar-refractivity contribution in [3.05, 3.63) is 58.0 Å². The van der Waals surface area contributed by atoms with Gasteiger partial charge in [0.15, 0.2) is 6.10 Å². The van der Waals surface area contributed by atoms with Gasteiger partial charge >= 0.3 is 0 Å². The molecule has 1 amide bonds. The average Bonchev–Trinajstić information content (AvgIpc) is 2.64. The largest absolute Gasteiger partial charge is 0.480 e. The Morgan fingerprint density at radius 1 is 1.12 bits per heavy atom. The Kier molecular flexibility index (Phi) is 5.86. The van der Waals surface area contributed by atoms with Crippen molar-refractivity contribution in [3.63, 3.8) is 0 Å². The van der Waals surface area contributed by atoms with Crippen LogP contribution in [0.5, 0.6) is 5.75 Å². The van der Waals surface area contributed by atoms with Crippen LogP contribution in [0.2, 0.25) is 5.02 Å². The molecule has 1 atom stereocenters. The molecule has 0 saturated carbocycles. The zero-order chi connectivity index (χ0) is 17.8. The van der Waals surface area contributed by atoms with E-state index in [4.69, 9.17) is 16.3 Å². The number of amides is 1. The van der Waals surface area contributed by atoms with Crippen molar-refractivity contribution in [2.75, 3.05) is 31.1 Å². The second-order valence-electron chi connectivity index (χ2n) is 5.98. The second kappa shape index (κ2) is 8.11. The first kappa shape index (κ1) is 18.1. The van der Waals surface area contributed by atoms with Crippen LogP contribution in [-0.4, -0.2) is 43.1 Å². The van der Waals surface area contributed by atoms with Gasteiger partial charge in [0.05, 0.1) is 4.47 Å². The fraction of sp³-hybridized carbons (Fsp3) is 0.316. The van der Waals surface area contributed by atoms with Crippen LogP contribution in [0.3, 0.4) is 0 Å². The molecule has 132 valence electrons. The zero-order valence-electron chi connectivity index (χ0n) is 14.0. The maximum absolute atomic E-state index is 12.7. The van der Waals surface area contributed by atoms with Gasteiger partial charge in [-0.1, -0.05) is 29.8 Å². The number of halogens is 2. The number of para-hydroxylation sites is 1. The number of hydrogen-bond donors (Lipinski definition) is 0. The Morgan fingerprint density at radius 3 is 2.44 bits per heavy atom. The molecule has 0 N–H and O–H groups in total. The smallest absolute Gasteiger partial charge is 0.263 e. The number of benzene rings is 2. The van der Waals surface area contributed by atoms with Crippen molar-refractivity contribution >= 4 is 39.1 Å². The summed E-state index contributed by atoms with van der Waals surface area (Å²) in [6.07, 6.45) is -0.541. The summed E-state index contributed by atoms with van der Waals surface area (Å²) >= 11 is 9.35. The summed E-state index contributed by atoms with van der Waals surface area (Å²) in [7, 11) is 0. The number of ether oxygens (including phenoxy) is 1. The minimum absolute atomic E-state index is 0.00885. The average molecular weight is 424 g/mol. The summed E-state index contributed by atoms with van der Waals surface area (Å²) in [6, 6.07) is 15.5. The van der Waals surface area contributed by atoms with Gasteiger partial charge < -0.3 is 14.5 Å². The molecule has 6 heteroatoms. The van der Waals surface area contributed by atoms with E-state index in [1.54, 1.807) is 25.1 Å². The first-order valence-electron chi connectivity index (χ1n) is 8.25. The Balaban J connectivity index is 1.56. The van der Waals surface area contributed by atoms with Crippen LogP contribution >= 0.6 is 27.5 Å². The van der Waals surface area contributed by atoms with E-state index in [0.29, 0.717) is 23.9 Å². The Morgan fingerprint density at radius 2 is 1.80 bits per heavy atom. The van der Waals surface area contributed by atoms with Crippen molar-refractivity contribution in [3.8, 4) is 5.75 Å². The standard InChI is InChI=1S/C19H20BrClN2O2/c1-14(25-18-8-7-15(21)13-17(18)20)19(24)23-11-9-22(10-12-23)16-5-3-2-4-6-16/h2-8,13-14H,9-12H2,1H3. The van der Waals surface area contributed by atoms with Crippen LogP contribution in [0.1, 0.15) is 6.92 Å². The predicted octanol–water partition coefficient (Wildman–Crippen LogP) is 4.22. The van der Waals surface area contributed by atoms with Crippen LogP contribution < -0.4 is 9.64 Å². The van der Waals surface area contributed by atoms with Crippen molar-refractivity contribution in [2.45, 2.75) is 13.0 Å². The lowest BCUT2D eigenvalue weighted by Crippen LogP contribution is -2.52. The van der Waals surface area contributed by atoms with E-state index in [1.807, 2.05) is 23.1 Å². The Labute approximate surface area is 161 Å². The van der Waals surface area contributed by atoms with Crippen molar-refractivity contribution in [1.29, 1.82) is 0 Å². The van der Waals surface area contributed by atoms with E-state index in [-0.39, 0.29) is 5.91 Å². The number of piperazine rings is 1. The first-order chi connectivity index (χ1) is 12.0. The van der Waals surface area contributed by atoms with Crippen molar-refractivity contribution < 1.29 is 9.53 Å². The van der Waals surface area contributed by atoms with E-state index in [0.717, 1.165) is 17.6 Å². The van der Waals surface area contributed by atoms with Gasteiger partial charge in [-0.3, -0.25) is 4.79 Å². The maximum Gasteiger partial charge on any atom is 0.263 e. The molecule has 0 aromatic heterocycles. The topological polar surface area (TPSA) is 32.8 Å². The van der Waals surface area contributed by atoms with E-state index in [1.165, 1.54) is 5.69 Å². The van der Waals surface area contributed by atoms with Gasteiger partial charge in [0.2, 0.25) is 0 Å². The zero-order valence-corrected chi connectivity index (χ0v) is 16.3. The van der Waals surface area contributed by atoms with Gasteiger partial charge in [-0.15, -0.1) is 0 Å². The number of rotatable bonds is 4. The fourth-order valence-electron chi connectivity index (χ4n) is 2.89. The molecule has 25 heavy (non-hydrogen) atoms. The highest BCUT2D eigenvalue weighted by Crippen LogP contribution is 2.29. The molecule has 0 bridgehead atoms. The summed E-state index contributed by atoms with van der Waals surface area (Å²) in [5, 5.41) is 0.621. The predicted molar refractivity (Wildman–Crippen MR) is 104 cm³/mol. The third-order valence-electron chi connectivity index (χ3n) is 4.26. The number of carbonyl (C=O) groups excluding carboxylic acids is 1. The number of carbonyl (C=O) groups is 1. The van der Waals surface area contributed by atoms with Gasteiger partial charge in [0, 0.05) is 36.9 Å². The summed E-state index contributed by atoms with van der Waals surface area (Å²) < 4.78 is 6.56. The van der Waals surface area contributed by atoms with Crippen LogP contribution in [0.25, 0.3) is 0 Å². The van der Waals surface area contributed by atoms with Gasteiger partial charge in [0.25, 0.3) is 5.91 Å². The minimum Gasteiger partial charge on any atom is -0.480 e. The molecule has 2 aromatic carbocycles. The van der Waals surface area contributed by atoms with E-state index in [9.17, 15) is 4.79 Å². The van der Waals surface area contributed by atoms with E-state index in [2.05, 4.69) is 33.0 Å². The number of anilines is 1. The molecule has 1 fully saturated rings. The molecule has 1 unspecified atom stereocenters. The monoisotopic (exact) mass is 422 g/mol. The highest BCUT2D eigenvalue weighted by Gasteiger charge is 2.26. The minimum atomic E-state index is -0.541. The van der Waals surface area contributed by atoms with Gasteiger partial charge in [-0.25, -0.2) is 0 Å². The molecule has 1 aliphatic rings.